The van der Waals surface area contributed by atoms with E-state index in [1.165, 1.54) is 34.4 Å². The number of rotatable bonds is 12. The highest BCUT2D eigenvalue weighted by atomic mass is 16.5. The molecule has 4 aromatic rings. The molecule has 210 valence electrons. The lowest BCUT2D eigenvalue weighted by molar-refractivity contribution is -0.139. The van der Waals surface area contributed by atoms with Crippen molar-refractivity contribution < 1.29 is 19.1 Å². The van der Waals surface area contributed by atoms with E-state index >= 15 is 0 Å². The number of benzene rings is 4. The third kappa shape index (κ3) is 4.53. The van der Waals surface area contributed by atoms with Crippen molar-refractivity contribution in [3.63, 3.8) is 0 Å². The van der Waals surface area contributed by atoms with Crippen molar-refractivity contribution in [2.24, 2.45) is 0 Å². The quantitative estimate of drug-likeness (QED) is 0.101. The summed E-state index contributed by atoms with van der Waals surface area (Å²) >= 11 is 0. The van der Waals surface area contributed by atoms with Crippen LogP contribution in [0.3, 0.4) is 0 Å². The van der Waals surface area contributed by atoms with Gasteiger partial charge in [0.2, 0.25) is 0 Å². The van der Waals surface area contributed by atoms with Crippen molar-refractivity contribution in [1.82, 2.24) is 0 Å². The van der Waals surface area contributed by atoms with Gasteiger partial charge in [-0.2, -0.15) is 0 Å². The van der Waals surface area contributed by atoms with Gasteiger partial charge in [-0.05, 0) is 69.8 Å². The Morgan fingerprint density at radius 2 is 1.07 bits per heavy atom. The van der Waals surface area contributed by atoms with Gasteiger partial charge in [0.05, 0.1) is 5.41 Å². The van der Waals surface area contributed by atoms with E-state index in [2.05, 4.69) is 86.0 Å². The second-order valence-electron chi connectivity index (χ2n) is 11.1. The number of unbranched alkanes of at least 4 members (excludes halogenated alkanes) is 1. The van der Waals surface area contributed by atoms with E-state index in [1.54, 1.807) is 0 Å². The Bertz CT molecular complexity index is 1460. The Hall–Kier alpha value is -4.54. The van der Waals surface area contributed by atoms with Crippen molar-refractivity contribution in [3.05, 3.63) is 145 Å². The summed E-state index contributed by atoms with van der Waals surface area (Å²) in [6, 6.07) is 33.5. The van der Waals surface area contributed by atoms with Crippen LogP contribution in [0.5, 0.6) is 0 Å². The summed E-state index contributed by atoms with van der Waals surface area (Å²) in [6.45, 7) is 7.45. The Balaban J connectivity index is 1.33. The molecule has 0 amide bonds. The topological polar surface area (TPSA) is 52.6 Å². The van der Waals surface area contributed by atoms with Gasteiger partial charge in [-0.25, -0.2) is 4.79 Å². The SMILES string of the molecule is C=CC(=O)COC1(CCCCC2(COC(=O)C=C)c3ccccc3-c3ccccc32)c2ccccc2-c2ccccc21. The van der Waals surface area contributed by atoms with Crippen LogP contribution in [0.4, 0.5) is 0 Å². The molecule has 0 saturated carbocycles. The van der Waals surface area contributed by atoms with Crippen molar-refractivity contribution in [2.75, 3.05) is 13.2 Å². The Morgan fingerprint density at radius 3 is 1.57 bits per heavy atom. The average Bonchev–Trinajstić information content (AvgIpc) is 3.49. The molecule has 0 N–H and O–H groups in total. The molecular weight excluding hydrogens is 520 g/mol. The first-order valence-electron chi connectivity index (χ1n) is 14.5. The van der Waals surface area contributed by atoms with E-state index in [1.807, 2.05) is 24.3 Å². The second-order valence-corrected chi connectivity index (χ2v) is 11.1. The van der Waals surface area contributed by atoms with Gasteiger partial charge in [0.1, 0.15) is 18.8 Å². The smallest absolute Gasteiger partial charge is 0.330 e. The Labute approximate surface area is 247 Å². The van der Waals surface area contributed by atoms with E-state index in [0.29, 0.717) is 6.42 Å². The van der Waals surface area contributed by atoms with Gasteiger partial charge in [-0.3, -0.25) is 4.79 Å². The standard InChI is InChI=1S/C38H34O4/c1-3-27(39)25-42-38(34-21-11-7-17-30(34)31-18-8-12-22-35(31)38)24-14-13-23-37(26-41-36(40)4-2)32-19-9-5-15-28(32)29-16-6-10-20-33(29)37/h3-12,15-22H,1-2,13-14,23-26H2. The minimum Gasteiger partial charge on any atom is -0.461 e. The Morgan fingerprint density at radius 1 is 0.619 bits per heavy atom. The number of fused-ring (bicyclic) bond motifs is 6. The summed E-state index contributed by atoms with van der Waals surface area (Å²) < 4.78 is 12.4. The third-order valence-corrected chi connectivity index (χ3v) is 8.89. The molecule has 0 unspecified atom stereocenters. The van der Waals surface area contributed by atoms with E-state index in [-0.39, 0.29) is 19.0 Å². The van der Waals surface area contributed by atoms with E-state index in [4.69, 9.17) is 9.47 Å². The van der Waals surface area contributed by atoms with Gasteiger partial charge in [0.15, 0.2) is 5.78 Å². The fourth-order valence-electron chi connectivity index (χ4n) is 7.00. The molecule has 2 aliphatic carbocycles. The number of hydrogen-bond acceptors (Lipinski definition) is 4. The van der Waals surface area contributed by atoms with Crippen LogP contribution in [0.15, 0.2) is 122 Å². The maximum atomic E-state index is 12.4. The fraction of sp³-hybridized carbons (Fsp3) is 0.211. The first-order chi connectivity index (χ1) is 20.5. The minimum absolute atomic E-state index is 0.0334. The molecule has 0 heterocycles. The highest BCUT2D eigenvalue weighted by Crippen LogP contribution is 2.54. The van der Waals surface area contributed by atoms with Gasteiger partial charge in [-0.1, -0.05) is 117 Å². The molecule has 0 spiro atoms. The summed E-state index contributed by atoms with van der Waals surface area (Å²) in [5.74, 6) is -0.562. The van der Waals surface area contributed by atoms with Crippen molar-refractivity contribution >= 4 is 11.8 Å². The molecule has 0 aliphatic heterocycles. The molecule has 4 aromatic carbocycles. The predicted octanol–water partition coefficient (Wildman–Crippen LogP) is 7.94. The number of carbonyl (C=O) groups is 2. The monoisotopic (exact) mass is 554 g/mol. The zero-order valence-corrected chi connectivity index (χ0v) is 23.7. The number of esters is 1. The molecule has 4 nitrogen and oxygen atoms in total. The summed E-state index contributed by atoms with van der Waals surface area (Å²) in [7, 11) is 0. The molecule has 2 aliphatic rings. The van der Waals surface area contributed by atoms with Crippen LogP contribution in [-0.2, 0) is 30.1 Å². The molecule has 6 rings (SSSR count). The average molecular weight is 555 g/mol. The molecule has 0 radical (unpaired) electrons. The maximum Gasteiger partial charge on any atom is 0.330 e. The molecule has 0 fully saturated rings. The van der Waals surface area contributed by atoms with Crippen LogP contribution in [0.2, 0.25) is 0 Å². The van der Waals surface area contributed by atoms with Gasteiger partial charge in [-0.15, -0.1) is 0 Å². The van der Waals surface area contributed by atoms with Crippen LogP contribution in [-0.4, -0.2) is 25.0 Å². The first kappa shape index (κ1) is 27.6. The molecule has 0 atom stereocenters. The summed E-state index contributed by atoms with van der Waals surface area (Å²) in [4.78, 5) is 24.6. The fourth-order valence-corrected chi connectivity index (χ4v) is 7.00. The largest absolute Gasteiger partial charge is 0.461 e. The lowest BCUT2D eigenvalue weighted by Crippen LogP contribution is -2.33. The number of hydrogen-bond donors (Lipinski definition) is 0. The molecule has 42 heavy (non-hydrogen) atoms. The van der Waals surface area contributed by atoms with Crippen molar-refractivity contribution in [3.8, 4) is 22.3 Å². The van der Waals surface area contributed by atoms with Crippen LogP contribution in [0, 0.1) is 0 Å². The van der Waals surface area contributed by atoms with Gasteiger partial charge < -0.3 is 9.47 Å². The third-order valence-electron chi connectivity index (χ3n) is 8.89. The normalized spacial score (nSPS) is 14.7. The summed E-state index contributed by atoms with van der Waals surface area (Å²) in [5.41, 5.74) is 8.00. The highest BCUT2D eigenvalue weighted by molar-refractivity contribution is 5.90. The van der Waals surface area contributed by atoms with Gasteiger partial charge in [0.25, 0.3) is 0 Å². The Kier molecular flexibility index (Phi) is 7.49. The zero-order valence-electron chi connectivity index (χ0n) is 23.7. The lowest BCUT2D eigenvalue weighted by atomic mass is 9.74. The first-order valence-corrected chi connectivity index (χ1v) is 14.5. The van der Waals surface area contributed by atoms with Crippen LogP contribution < -0.4 is 0 Å². The minimum atomic E-state index is -0.736. The number of ether oxygens (including phenoxy) is 2. The molecule has 4 heteroatoms. The number of carbonyl (C=O) groups excluding carboxylic acids is 2. The van der Waals surface area contributed by atoms with E-state index < -0.39 is 17.0 Å². The van der Waals surface area contributed by atoms with Gasteiger partial charge >= 0.3 is 5.97 Å². The van der Waals surface area contributed by atoms with Crippen LogP contribution >= 0.6 is 0 Å². The molecule has 0 bridgehead atoms. The van der Waals surface area contributed by atoms with Crippen LogP contribution in [0.1, 0.15) is 47.9 Å². The maximum absolute atomic E-state index is 12.4. The predicted molar refractivity (Wildman–Crippen MR) is 166 cm³/mol. The molecule has 0 saturated heterocycles. The molecular formula is C38H34O4. The molecule has 0 aromatic heterocycles. The summed E-state index contributed by atoms with van der Waals surface area (Å²) in [6.07, 6.45) is 5.74. The van der Waals surface area contributed by atoms with Crippen molar-refractivity contribution in [2.45, 2.75) is 36.7 Å². The van der Waals surface area contributed by atoms with E-state index in [9.17, 15) is 9.59 Å². The second kappa shape index (κ2) is 11.4. The number of ketones is 1. The van der Waals surface area contributed by atoms with E-state index in [0.717, 1.165) is 41.5 Å². The lowest BCUT2D eigenvalue weighted by Gasteiger charge is -2.34. The van der Waals surface area contributed by atoms with Crippen molar-refractivity contribution in [1.29, 1.82) is 0 Å². The van der Waals surface area contributed by atoms with Crippen LogP contribution in [0.25, 0.3) is 22.3 Å². The van der Waals surface area contributed by atoms with Gasteiger partial charge in [0, 0.05) is 6.08 Å². The summed E-state index contributed by atoms with van der Waals surface area (Å²) in [5, 5.41) is 0. The highest BCUT2D eigenvalue weighted by Gasteiger charge is 2.46. The zero-order chi connectivity index (χ0) is 29.2.